The van der Waals surface area contributed by atoms with Crippen molar-refractivity contribution in [2.75, 3.05) is 13.1 Å². The largest absolute Gasteiger partial charge is 0.487 e. The monoisotopic (exact) mass is 360 g/mol. The first-order chi connectivity index (χ1) is 10.6. The maximum absolute atomic E-state index is 12.3. The molecular weight excluding hydrogens is 335 g/mol. The summed E-state index contributed by atoms with van der Waals surface area (Å²) in [5, 5.41) is 6.99. The highest BCUT2D eigenvalue weighted by molar-refractivity contribution is 6.32. The molecule has 6 heteroatoms. The Morgan fingerprint density at radius 2 is 2.22 bits per heavy atom. The molecule has 2 N–H and O–H groups in total. The lowest BCUT2D eigenvalue weighted by molar-refractivity contribution is -0.126. The number of hydrogen-bond acceptors (Lipinski definition) is 3. The van der Waals surface area contributed by atoms with Crippen LogP contribution in [0.3, 0.4) is 0 Å². The van der Waals surface area contributed by atoms with Crippen molar-refractivity contribution in [3.63, 3.8) is 0 Å². The summed E-state index contributed by atoms with van der Waals surface area (Å²) < 4.78 is 5.89. The van der Waals surface area contributed by atoms with Crippen molar-refractivity contribution in [2.45, 2.75) is 45.3 Å². The average molecular weight is 361 g/mol. The maximum atomic E-state index is 12.3. The minimum absolute atomic E-state index is 0. The lowest BCUT2D eigenvalue weighted by atomic mass is 9.92. The normalized spacial score (nSPS) is 21.9. The molecule has 130 valence electrons. The SMILES string of the molecule is CCC(CNC(=O)[C@H]1CCN[C@@H](C)C1)Oc1ccccc1Cl.Cl. The summed E-state index contributed by atoms with van der Waals surface area (Å²) in [6.45, 7) is 5.58. The summed E-state index contributed by atoms with van der Waals surface area (Å²) in [6.07, 6.45) is 2.54. The molecule has 0 aliphatic carbocycles. The van der Waals surface area contributed by atoms with E-state index < -0.39 is 0 Å². The lowest BCUT2D eigenvalue weighted by Crippen LogP contribution is -2.44. The van der Waals surface area contributed by atoms with Gasteiger partial charge >= 0.3 is 0 Å². The fourth-order valence-electron chi connectivity index (χ4n) is 2.72. The molecule has 23 heavy (non-hydrogen) atoms. The summed E-state index contributed by atoms with van der Waals surface area (Å²) in [6, 6.07) is 7.82. The smallest absolute Gasteiger partial charge is 0.223 e. The van der Waals surface area contributed by atoms with Crippen molar-refractivity contribution in [1.29, 1.82) is 0 Å². The molecule has 3 atom stereocenters. The molecular formula is C17H26Cl2N2O2. The molecule has 1 heterocycles. The summed E-state index contributed by atoms with van der Waals surface area (Å²) in [7, 11) is 0. The van der Waals surface area contributed by atoms with Gasteiger partial charge in [0.15, 0.2) is 0 Å². The van der Waals surface area contributed by atoms with E-state index in [2.05, 4.69) is 17.6 Å². The maximum Gasteiger partial charge on any atom is 0.223 e. The molecule has 1 aromatic rings. The quantitative estimate of drug-likeness (QED) is 0.816. The second kappa shape index (κ2) is 10.0. The van der Waals surface area contributed by atoms with E-state index in [0.29, 0.717) is 23.4 Å². The molecule has 0 bridgehead atoms. The summed E-state index contributed by atoms with van der Waals surface area (Å²) in [5.41, 5.74) is 0. The van der Waals surface area contributed by atoms with Gasteiger partial charge in [-0.1, -0.05) is 30.7 Å². The van der Waals surface area contributed by atoms with Crippen LogP contribution in [-0.4, -0.2) is 31.1 Å². The van der Waals surface area contributed by atoms with E-state index in [1.165, 1.54) is 0 Å². The molecule has 1 saturated heterocycles. The van der Waals surface area contributed by atoms with Gasteiger partial charge in [-0.15, -0.1) is 12.4 Å². The van der Waals surface area contributed by atoms with Gasteiger partial charge in [-0.25, -0.2) is 0 Å². The zero-order valence-electron chi connectivity index (χ0n) is 13.7. The van der Waals surface area contributed by atoms with Gasteiger partial charge in [-0.05, 0) is 44.9 Å². The van der Waals surface area contributed by atoms with Gasteiger partial charge < -0.3 is 15.4 Å². The van der Waals surface area contributed by atoms with Gasteiger partial charge in [0.25, 0.3) is 0 Å². The minimum Gasteiger partial charge on any atom is -0.487 e. The van der Waals surface area contributed by atoms with Gasteiger partial charge in [0, 0.05) is 12.0 Å². The summed E-state index contributed by atoms with van der Waals surface area (Å²) in [5.74, 6) is 0.907. The minimum atomic E-state index is -0.0667. The standard InChI is InChI=1S/C17H25ClN2O2.ClH/c1-3-14(22-16-7-5-4-6-15(16)18)11-20-17(21)13-8-9-19-12(2)10-13;/h4-7,12-14,19H,3,8-11H2,1-2H3,(H,20,21);1H/t12-,13-,14?;/m0./s1. The molecule has 1 aliphatic heterocycles. The highest BCUT2D eigenvalue weighted by Gasteiger charge is 2.25. The van der Waals surface area contributed by atoms with Crippen LogP contribution in [0.15, 0.2) is 24.3 Å². The Hall–Kier alpha value is -0.970. The van der Waals surface area contributed by atoms with Gasteiger partial charge in [-0.3, -0.25) is 4.79 Å². The topological polar surface area (TPSA) is 50.4 Å². The number of para-hydroxylation sites is 1. The Bertz CT molecular complexity index is 499. The molecule has 0 saturated carbocycles. The van der Waals surface area contributed by atoms with Crippen LogP contribution in [0.25, 0.3) is 0 Å². The Labute approximate surface area is 149 Å². The van der Waals surface area contributed by atoms with Crippen LogP contribution in [0.5, 0.6) is 5.75 Å². The number of ether oxygens (including phenoxy) is 1. The number of benzene rings is 1. The third-order valence-electron chi connectivity index (χ3n) is 4.08. The third-order valence-corrected chi connectivity index (χ3v) is 4.40. The van der Waals surface area contributed by atoms with E-state index in [9.17, 15) is 4.79 Å². The van der Waals surface area contributed by atoms with E-state index in [0.717, 1.165) is 25.8 Å². The van der Waals surface area contributed by atoms with Crippen molar-refractivity contribution in [1.82, 2.24) is 10.6 Å². The average Bonchev–Trinajstić information content (AvgIpc) is 2.52. The molecule has 1 fully saturated rings. The van der Waals surface area contributed by atoms with Crippen LogP contribution in [0.1, 0.15) is 33.1 Å². The Morgan fingerprint density at radius 3 is 2.87 bits per heavy atom. The van der Waals surface area contributed by atoms with Crippen molar-refractivity contribution < 1.29 is 9.53 Å². The molecule has 4 nitrogen and oxygen atoms in total. The van der Waals surface area contributed by atoms with Crippen molar-refractivity contribution in [3.8, 4) is 5.75 Å². The number of hydrogen-bond donors (Lipinski definition) is 2. The van der Waals surface area contributed by atoms with Crippen molar-refractivity contribution >= 4 is 29.9 Å². The Morgan fingerprint density at radius 1 is 1.48 bits per heavy atom. The molecule has 1 unspecified atom stereocenters. The Kier molecular flexibility index (Phi) is 8.74. The first-order valence-electron chi connectivity index (χ1n) is 8.02. The van der Waals surface area contributed by atoms with Crippen LogP contribution >= 0.6 is 24.0 Å². The molecule has 1 aromatic carbocycles. The zero-order chi connectivity index (χ0) is 15.9. The fourth-order valence-corrected chi connectivity index (χ4v) is 2.90. The van der Waals surface area contributed by atoms with Crippen LogP contribution in [0.2, 0.25) is 5.02 Å². The fraction of sp³-hybridized carbons (Fsp3) is 0.588. The molecule has 0 radical (unpaired) electrons. The number of piperidine rings is 1. The highest BCUT2D eigenvalue weighted by atomic mass is 35.5. The predicted octanol–water partition coefficient (Wildman–Crippen LogP) is 3.42. The van der Waals surface area contributed by atoms with E-state index in [1.807, 2.05) is 25.1 Å². The van der Waals surface area contributed by atoms with E-state index in [-0.39, 0.29) is 30.3 Å². The van der Waals surface area contributed by atoms with Crippen LogP contribution in [0.4, 0.5) is 0 Å². The first kappa shape index (κ1) is 20.1. The Balaban J connectivity index is 0.00000264. The van der Waals surface area contributed by atoms with E-state index >= 15 is 0 Å². The number of nitrogens with one attached hydrogen (secondary N) is 2. The molecule has 1 amide bonds. The molecule has 2 rings (SSSR count). The number of carbonyl (C=O) groups excluding carboxylic acids is 1. The van der Waals surface area contributed by atoms with Crippen LogP contribution in [-0.2, 0) is 4.79 Å². The third kappa shape index (κ3) is 6.21. The highest BCUT2D eigenvalue weighted by Crippen LogP contribution is 2.24. The zero-order valence-corrected chi connectivity index (χ0v) is 15.3. The van der Waals surface area contributed by atoms with Gasteiger partial charge in [0.1, 0.15) is 11.9 Å². The lowest BCUT2D eigenvalue weighted by Gasteiger charge is -2.28. The summed E-state index contributed by atoms with van der Waals surface area (Å²) in [4.78, 5) is 12.3. The molecule has 0 aromatic heterocycles. The first-order valence-corrected chi connectivity index (χ1v) is 8.40. The van der Waals surface area contributed by atoms with Crippen molar-refractivity contribution in [3.05, 3.63) is 29.3 Å². The van der Waals surface area contributed by atoms with Crippen LogP contribution < -0.4 is 15.4 Å². The number of amides is 1. The predicted molar refractivity (Wildman–Crippen MR) is 96.6 cm³/mol. The number of rotatable bonds is 6. The van der Waals surface area contributed by atoms with Crippen LogP contribution in [0, 0.1) is 5.92 Å². The molecule has 0 spiro atoms. The van der Waals surface area contributed by atoms with E-state index in [4.69, 9.17) is 16.3 Å². The van der Waals surface area contributed by atoms with E-state index in [1.54, 1.807) is 6.07 Å². The van der Waals surface area contributed by atoms with Gasteiger partial charge in [-0.2, -0.15) is 0 Å². The second-order valence-corrected chi connectivity index (χ2v) is 6.31. The van der Waals surface area contributed by atoms with Crippen molar-refractivity contribution in [2.24, 2.45) is 5.92 Å². The van der Waals surface area contributed by atoms with Gasteiger partial charge in [0.2, 0.25) is 5.91 Å². The molecule has 1 aliphatic rings. The second-order valence-electron chi connectivity index (χ2n) is 5.90. The number of carbonyl (C=O) groups is 1. The van der Waals surface area contributed by atoms with Gasteiger partial charge in [0.05, 0.1) is 11.6 Å². The summed E-state index contributed by atoms with van der Waals surface area (Å²) >= 11 is 6.11. The number of halogens is 2.